The summed E-state index contributed by atoms with van der Waals surface area (Å²) in [5.74, 6) is 0.0138. The average Bonchev–Trinajstić information content (AvgIpc) is 2.77. The van der Waals surface area contributed by atoms with Crippen LogP contribution < -0.4 is 5.32 Å². The first-order valence-corrected chi connectivity index (χ1v) is 9.51. The molecule has 0 aliphatic rings. The van der Waals surface area contributed by atoms with E-state index in [0.29, 0.717) is 12.1 Å². The van der Waals surface area contributed by atoms with E-state index in [1.807, 2.05) is 36.4 Å². The van der Waals surface area contributed by atoms with E-state index in [4.69, 9.17) is 0 Å². The van der Waals surface area contributed by atoms with E-state index in [2.05, 4.69) is 34.6 Å². The van der Waals surface area contributed by atoms with Crippen molar-refractivity contribution >= 4 is 11.7 Å². The highest BCUT2D eigenvalue weighted by atomic mass is 16.2. The van der Waals surface area contributed by atoms with E-state index in [9.17, 15) is 9.59 Å². The molecule has 1 amide bonds. The number of benzene rings is 2. The summed E-state index contributed by atoms with van der Waals surface area (Å²) in [5.41, 5.74) is 2.97. The van der Waals surface area contributed by atoms with Gasteiger partial charge in [0.2, 0.25) is 5.91 Å². The smallest absolute Gasteiger partial charge is 0.220 e. The van der Waals surface area contributed by atoms with Crippen molar-refractivity contribution in [3.63, 3.8) is 0 Å². The van der Waals surface area contributed by atoms with Gasteiger partial charge >= 0.3 is 0 Å². The van der Waals surface area contributed by atoms with Crippen molar-refractivity contribution in [2.24, 2.45) is 0 Å². The molecule has 1 unspecified atom stereocenters. The zero-order valence-electron chi connectivity index (χ0n) is 15.8. The van der Waals surface area contributed by atoms with Crippen molar-refractivity contribution in [2.45, 2.75) is 25.2 Å². The Morgan fingerprint density at radius 2 is 1.57 bits per heavy atom. The summed E-state index contributed by atoms with van der Waals surface area (Å²) in [6.07, 6.45) is 4.37. The highest BCUT2D eigenvalue weighted by Crippen LogP contribution is 2.20. The third kappa shape index (κ3) is 5.88. The van der Waals surface area contributed by atoms with Crippen LogP contribution in [0.4, 0.5) is 0 Å². The number of Topliss-reactive ketones (excluding diaryl/α,β-unsaturated/α-hetero) is 1. The van der Waals surface area contributed by atoms with Crippen LogP contribution in [-0.4, -0.2) is 23.2 Å². The van der Waals surface area contributed by atoms with Gasteiger partial charge in [-0.25, -0.2) is 0 Å². The lowest BCUT2D eigenvalue weighted by Gasteiger charge is -2.18. The highest BCUT2D eigenvalue weighted by molar-refractivity contribution is 5.97. The van der Waals surface area contributed by atoms with Crippen LogP contribution in [0.3, 0.4) is 0 Å². The molecule has 0 fully saturated rings. The number of carbonyl (C=O) groups is 2. The van der Waals surface area contributed by atoms with Gasteiger partial charge in [-0.3, -0.25) is 14.6 Å². The molecule has 4 nitrogen and oxygen atoms in total. The van der Waals surface area contributed by atoms with E-state index in [1.165, 1.54) is 17.3 Å². The second-order valence-electron chi connectivity index (χ2n) is 6.77. The molecule has 0 aliphatic carbocycles. The quantitative estimate of drug-likeness (QED) is 0.573. The second kappa shape index (κ2) is 10.2. The van der Waals surface area contributed by atoms with Gasteiger partial charge in [0.05, 0.1) is 0 Å². The Labute approximate surface area is 165 Å². The van der Waals surface area contributed by atoms with Crippen LogP contribution in [0.5, 0.6) is 0 Å². The second-order valence-corrected chi connectivity index (χ2v) is 6.77. The van der Waals surface area contributed by atoms with Crippen LogP contribution in [0.25, 0.3) is 0 Å². The fourth-order valence-corrected chi connectivity index (χ4v) is 3.16. The minimum atomic E-state index is -0.105. The van der Waals surface area contributed by atoms with Crippen LogP contribution in [0, 0.1) is 0 Å². The maximum atomic E-state index is 12.3. The molecule has 0 spiro atoms. The van der Waals surface area contributed by atoms with Crippen LogP contribution in [-0.2, 0) is 11.2 Å². The van der Waals surface area contributed by atoms with Crippen molar-refractivity contribution in [1.29, 1.82) is 0 Å². The monoisotopic (exact) mass is 372 g/mol. The van der Waals surface area contributed by atoms with E-state index in [0.717, 1.165) is 6.42 Å². The average molecular weight is 372 g/mol. The van der Waals surface area contributed by atoms with Gasteiger partial charge in [0, 0.05) is 43.3 Å². The standard InChI is InChI=1S/C24H24N2O2/c27-23(21-12-7-15-25-17-21)13-14-24(28)26-18-22(20-10-5-2-6-11-20)16-19-8-3-1-4-9-19/h1-12,15,17,22H,13-14,16,18H2,(H,26,28). The van der Waals surface area contributed by atoms with Crippen LogP contribution in [0.15, 0.2) is 85.2 Å². The molecule has 1 aromatic heterocycles. The van der Waals surface area contributed by atoms with Crippen molar-refractivity contribution in [2.75, 3.05) is 6.54 Å². The van der Waals surface area contributed by atoms with Crippen molar-refractivity contribution in [3.8, 4) is 0 Å². The largest absolute Gasteiger partial charge is 0.355 e. The molecule has 0 aliphatic heterocycles. The minimum Gasteiger partial charge on any atom is -0.355 e. The summed E-state index contributed by atoms with van der Waals surface area (Å²) in [7, 11) is 0. The molecule has 1 atom stereocenters. The predicted octanol–water partition coefficient (Wildman–Crippen LogP) is 4.19. The molecule has 3 aromatic rings. The van der Waals surface area contributed by atoms with Crippen LogP contribution >= 0.6 is 0 Å². The number of pyridine rings is 1. The molecule has 0 bridgehead atoms. The third-order valence-corrected chi connectivity index (χ3v) is 4.70. The van der Waals surface area contributed by atoms with E-state index in [1.54, 1.807) is 18.3 Å². The van der Waals surface area contributed by atoms with Gasteiger partial charge in [-0.15, -0.1) is 0 Å². The number of hydrogen-bond acceptors (Lipinski definition) is 3. The molecule has 142 valence electrons. The van der Waals surface area contributed by atoms with Gasteiger partial charge in [0.1, 0.15) is 0 Å². The Hall–Kier alpha value is -3.27. The lowest BCUT2D eigenvalue weighted by molar-refractivity contribution is -0.121. The fourth-order valence-electron chi connectivity index (χ4n) is 3.16. The fraction of sp³-hybridized carbons (Fsp3) is 0.208. The van der Waals surface area contributed by atoms with E-state index in [-0.39, 0.29) is 30.4 Å². The van der Waals surface area contributed by atoms with Crippen molar-refractivity contribution < 1.29 is 9.59 Å². The van der Waals surface area contributed by atoms with E-state index < -0.39 is 0 Å². The summed E-state index contributed by atoms with van der Waals surface area (Å²) >= 11 is 0. The molecule has 4 heteroatoms. The zero-order chi connectivity index (χ0) is 19.6. The van der Waals surface area contributed by atoms with Gasteiger partial charge in [0.15, 0.2) is 5.78 Å². The molecule has 3 rings (SSSR count). The summed E-state index contributed by atoms with van der Waals surface area (Å²) < 4.78 is 0. The van der Waals surface area contributed by atoms with Crippen LogP contribution in [0.1, 0.15) is 40.2 Å². The highest BCUT2D eigenvalue weighted by Gasteiger charge is 2.15. The molecule has 28 heavy (non-hydrogen) atoms. The first-order chi connectivity index (χ1) is 13.7. The molecular weight excluding hydrogens is 348 g/mol. The summed E-state index contributed by atoms with van der Waals surface area (Å²) in [6.45, 7) is 0.540. The predicted molar refractivity (Wildman–Crippen MR) is 110 cm³/mol. The number of aromatic nitrogens is 1. The molecular formula is C24H24N2O2. The molecule has 2 aromatic carbocycles. The lowest BCUT2D eigenvalue weighted by Crippen LogP contribution is -2.29. The maximum absolute atomic E-state index is 12.3. The summed E-state index contributed by atoms with van der Waals surface area (Å²) in [4.78, 5) is 28.4. The van der Waals surface area contributed by atoms with Gasteiger partial charge in [-0.1, -0.05) is 60.7 Å². The summed E-state index contributed by atoms with van der Waals surface area (Å²) in [6, 6.07) is 23.9. The van der Waals surface area contributed by atoms with E-state index >= 15 is 0 Å². The first kappa shape index (κ1) is 19.5. The Morgan fingerprint density at radius 3 is 2.25 bits per heavy atom. The first-order valence-electron chi connectivity index (χ1n) is 9.51. The number of rotatable bonds is 9. The number of carbonyl (C=O) groups excluding carboxylic acids is 2. The SMILES string of the molecule is O=C(CCC(=O)c1cccnc1)NCC(Cc1ccccc1)c1ccccc1. The Balaban J connectivity index is 1.55. The Morgan fingerprint density at radius 1 is 0.857 bits per heavy atom. The number of hydrogen-bond donors (Lipinski definition) is 1. The summed E-state index contributed by atoms with van der Waals surface area (Å²) in [5, 5.41) is 3.00. The lowest BCUT2D eigenvalue weighted by atomic mass is 9.92. The Bertz CT molecular complexity index is 880. The zero-order valence-corrected chi connectivity index (χ0v) is 15.8. The third-order valence-electron chi connectivity index (χ3n) is 4.70. The Kier molecular flexibility index (Phi) is 7.08. The van der Waals surface area contributed by atoms with Gasteiger partial charge in [-0.2, -0.15) is 0 Å². The topological polar surface area (TPSA) is 59.1 Å². The number of ketones is 1. The minimum absolute atomic E-state index is 0.0628. The molecule has 0 radical (unpaired) electrons. The maximum Gasteiger partial charge on any atom is 0.220 e. The van der Waals surface area contributed by atoms with Crippen LogP contribution in [0.2, 0.25) is 0 Å². The van der Waals surface area contributed by atoms with Gasteiger partial charge < -0.3 is 5.32 Å². The normalized spacial score (nSPS) is 11.6. The molecule has 0 saturated carbocycles. The molecule has 1 heterocycles. The van der Waals surface area contributed by atoms with Gasteiger partial charge in [0.25, 0.3) is 0 Å². The molecule has 1 N–H and O–H groups in total. The number of nitrogens with zero attached hydrogens (tertiary/aromatic N) is 1. The number of nitrogens with one attached hydrogen (secondary N) is 1. The molecule has 0 saturated heterocycles. The van der Waals surface area contributed by atoms with Crippen molar-refractivity contribution in [3.05, 3.63) is 102 Å². The van der Waals surface area contributed by atoms with Gasteiger partial charge in [-0.05, 0) is 29.7 Å². The number of amides is 1. The van der Waals surface area contributed by atoms with Crippen molar-refractivity contribution in [1.82, 2.24) is 10.3 Å².